The standard InChI is InChI=1S/C18H29NO2/c1-2-20-18-11-9-16(10-12-18)15-19-13-6-14-21-17-7-4-3-5-8-17/h9-12,17,19H,2-8,13-15H2,1H3. The van der Waals surface area contributed by atoms with Crippen LogP contribution >= 0.6 is 0 Å². The molecule has 1 saturated carbocycles. The van der Waals surface area contributed by atoms with Crippen molar-refractivity contribution >= 4 is 0 Å². The first-order valence-electron chi connectivity index (χ1n) is 8.42. The maximum atomic E-state index is 5.92. The van der Waals surface area contributed by atoms with Crippen LogP contribution in [0.4, 0.5) is 0 Å². The van der Waals surface area contributed by atoms with Gasteiger partial charge in [0.25, 0.3) is 0 Å². The second kappa shape index (κ2) is 9.80. The molecule has 0 unspecified atom stereocenters. The van der Waals surface area contributed by atoms with E-state index in [0.717, 1.165) is 38.5 Å². The predicted octanol–water partition coefficient (Wildman–Crippen LogP) is 3.91. The molecule has 0 bridgehead atoms. The van der Waals surface area contributed by atoms with Gasteiger partial charge in [-0.05, 0) is 50.4 Å². The van der Waals surface area contributed by atoms with E-state index in [1.165, 1.54) is 37.7 Å². The molecule has 0 aromatic heterocycles. The molecule has 0 radical (unpaired) electrons. The number of benzene rings is 1. The van der Waals surface area contributed by atoms with Gasteiger partial charge in [0.1, 0.15) is 5.75 Å². The van der Waals surface area contributed by atoms with Crippen LogP contribution in [0.15, 0.2) is 24.3 Å². The number of rotatable bonds is 9. The molecule has 1 aliphatic rings. The molecule has 0 heterocycles. The van der Waals surface area contributed by atoms with Crippen molar-refractivity contribution in [1.82, 2.24) is 5.32 Å². The van der Waals surface area contributed by atoms with Crippen molar-refractivity contribution in [2.45, 2.75) is 58.1 Å². The zero-order valence-electron chi connectivity index (χ0n) is 13.3. The molecule has 0 atom stereocenters. The van der Waals surface area contributed by atoms with E-state index in [0.29, 0.717) is 6.10 Å². The molecular weight excluding hydrogens is 262 g/mol. The molecule has 21 heavy (non-hydrogen) atoms. The fourth-order valence-electron chi connectivity index (χ4n) is 2.78. The molecule has 1 aromatic carbocycles. The molecule has 1 aliphatic carbocycles. The summed E-state index contributed by atoms with van der Waals surface area (Å²) in [6.45, 7) is 5.54. The average Bonchev–Trinajstić information content (AvgIpc) is 2.53. The van der Waals surface area contributed by atoms with Gasteiger partial charge in [-0.3, -0.25) is 0 Å². The van der Waals surface area contributed by atoms with E-state index >= 15 is 0 Å². The fraction of sp³-hybridized carbons (Fsp3) is 0.667. The van der Waals surface area contributed by atoms with Gasteiger partial charge in [-0.15, -0.1) is 0 Å². The Kier molecular flexibility index (Phi) is 7.61. The van der Waals surface area contributed by atoms with Crippen LogP contribution in [0, 0.1) is 0 Å². The first-order valence-corrected chi connectivity index (χ1v) is 8.42. The van der Waals surface area contributed by atoms with Crippen LogP contribution in [0.1, 0.15) is 51.0 Å². The van der Waals surface area contributed by atoms with Gasteiger partial charge < -0.3 is 14.8 Å². The minimum Gasteiger partial charge on any atom is -0.494 e. The molecule has 0 aliphatic heterocycles. The van der Waals surface area contributed by atoms with Crippen LogP contribution in [0.2, 0.25) is 0 Å². The average molecular weight is 291 g/mol. The van der Waals surface area contributed by atoms with Gasteiger partial charge >= 0.3 is 0 Å². The third-order valence-electron chi connectivity index (χ3n) is 3.97. The van der Waals surface area contributed by atoms with Gasteiger partial charge in [0.15, 0.2) is 0 Å². The van der Waals surface area contributed by atoms with E-state index in [9.17, 15) is 0 Å². The van der Waals surface area contributed by atoms with Gasteiger partial charge in [0.2, 0.25) is 0 Å². The monoisotopic (exact) mass is 291 g/mol. The highest BCUT2D eigenvalue weighted by Crippen LogP contribution is 2.20. The lowest BCUT2D eigenvalue weighted by atomic mass is 9.98. The van der Waals surface area contributed by atoms with E-state index in [-0.39, 0.29) is 0 Å². The van der Waals surface area contributed by atoms with E-state index in [4.69, 9.17) is 9.47 Å². The van der Waals surface area contributed by atoms with Crippen molar-refractivity contribution in [3.05, 3.63) is 29.8 Å². The van der Waals surface area contributed by atoms with E-state index in [1.54, 1.807) is 0 Å². The number of nitrogens with one attached hydrogen (secondary N) is 1. The number of ether oxygens (including phenoxy) is 2. The van der Waals surface area contributed by atoms with Crippen LogP contribution in [0.3, 0.4) is 0 Å². The van der Waals surface area contributed by atoms with Crippen LogP contribution < -0.4 is 10.1 Å². The molecular formula is C18H29NO2. The summed E-state index contributed by atoms with van der Waals surface area (Å²) in [4.78, 5) is 0. The van der Waals surface area contributed by atoms with Gasteiger partial charge in [-0.1, -0.05) is 31.4 Å². The molecule has 1 aromatic rings. The molecule has 1 N–H and O–H groups in total. The van der Waals surface area contributed by atoms with Gasteiger partial charge in [-0.2, -0.15) is 0 Å². The van der Waals surface area contributed by atoms with Crippen molar-refractivity contribution in [3.8, 4) is 5.75 Å². The highest BCUT2D eigenvalue weighted by atomic mass is 16.5. The van der Waals surface area contributed by atoms with Crippen molar-refractivity contribution < 1.29 is 9.47 Å². The van der Waals surface area contributed by atoms with Gasteiger partial charge in [0.05, 0.1) is 12.7 Å². The minimum absolute atomic E-state index is 0.532. The summed E-state index contributed by atoms with van der Waals surface area (Å²) in [5, 5.41) is 3.47. The second-order valence-corrected chi connectivity index (χ2v) is 5.74. The molecule has 1 fully saturated rings. The number of hydrogen-bond donors (Lipinski definition) is 1. The highest BCUT2D eigenvalue weighted by Gasteiger charge is 2.12. The Hall–Kier alpha value is -1.06. The lowest BCUT2D eigenvalue weighted by molar-refractivity contribution is 0.0273. The first-order chi connectivity index (χ1) is 10.4. The van der Waals surface area contributed by atoms with E-state index in [2.05, 4.69) is 17.4 Å². The zero-order chi connectivity index (χ0) is 14.8. The molecule has 3 heteroatoms. The van der Waals surface area contributed by atoms with E-state index in [1.807, 2.05) is 19.1 Å². The van der Waals surface area contributed by atoms with Crippen LogP contribution in [0.25, 0.3) is 0 Å². The summed E-state index contributed by atoms with van der Waals surface area (Å²) in [6, 6.07) is 8.31. The van der Waals surface area contributed by atoms with Crippen molar-refractivity contribution in [3.63, 3.8) is 0 Å². The molecule has 0 amide bonds. The first kappa shape index (κ1) is 16.3. The van der Waals surface area contributed by atoms with Gasteiger partial charge in [-0.25, -0.2) is 0 Å². The van der Waals surface area contributed by atoms with Crippen LogP contribution in [-0.4, -0.2) is 25.9 Å². The Bertz CT molecular complexity index is 371. The second-order valence-electron chi connectivity index (χ2n) is 5.74. The lowest BCUT2D eigenvalue weighted by Crippen LogP contribution is -2.20. The molecule has 2 rings (SSSR count). The maximum absolute atomic E-state index is 5.92. The summed E-state index contributed by atoms with van der Waals surface area (Å²) in [5.41, 5.74) is 1.30. The Balaban J connectivity index is 1.51. The Morgan fingerprint density at radius 1 is 1.10 bits per heavy atom. The SMILES string of the molecule is CCOc1ccc(CNCCCOC2CCCCC2)cc1. The third-order valence-corrected chi connectivity index (χ3v) is 3.97. The Morgan fingerprint density at radius 2 is 1.86 bits per heavy atom. The van der Waals surface area contributed by atoms with Crippen molar-refractivity contribution in [2.75, 3.05) is 19.8 Å². The Labute approximate surface area is 129 Å². The smallest absolute Gasteiger partial charge is 0.119 e. The van der Waals surface area contributed by atoms with Gasteiger partial charge in [0, 0.05) is 13.2 Å². The topological polar surface area (TPSA) is 30.5 Å². The molecule has 3 nitrogen and oxygen atoms in total. The summed E-state index contributed by atoms with van der Waals surface area (Å²) in [5.74, 6) is 0.946. The third kappa shape index (κ3) is 6.49. The molecule has 118 valence electrons. The Morgan fingerprint density at radius 3 is 2.57 bits per heavy atom. The number of hydrogen-bond acceptors (Lipinski definition) is 3. The lowest BCUT2D eigenvalue weighted by Gasteiger charge is -2.21. The quantitative estimate of drug-likeness (QED) is 0.700. The largest absolute Gasteiger partial charge is 0.494 e. The predicted molar refractivity (Wildman–Crippen MR) is 86.8 cm³/mol. The minimum atomic E-state index is 0.532. The maximum Gasteiger partial charge on any atom is 0.119 e. The molecule has 0 saturated heterocycles. The normalized spacial score (nSPS) is 16.0. The highest BCUT2D eigenvalue weighted by molar-refractivity contribution is 5.27. The zero-order valence-corrected chi connectivity index (χ0v) is 13.3. The van der Waals surface area contributed by atoms with Crippen molar-refractivity contribution in [1.29, 1.82) is 0 Å². The summed E-state index contributed by atoms with van der Waals surface area (Å²) < 4.78 is 11.4. The van der Waals surface area contributed by atoms with Crippen molar-refractivity contribution in [2.24, 2.45) is 0 Å². The summed E-state index contributed by atoms with van der Waals surface area (Å²) in [7, 11) is 0. The van der Waals surface area contributed by atoms with E-state index < -0.39 is 0 Å². The molecule has 0 spiro atoms. The van der Waals surface area contributed by atoms with Crippen LogP contribution in [0.5, 0.6) is 5.75 Å². The summed E-state index contributed by atoms with van der Waals surface area (Å²) in [6.07, 6.45) is 8.24. The van der Waals surface area contributed by atoms with Crippen LogP contribution in [-0.2, 0) is 11.3 Å². The summed E-state index contributed by atoms with van der Waals surface area (Å²) >= 11 is 0. The fourth-order valence-corrected chi connectivity index (χ4v) is 2.78.